The van der Waals surface area contributed by atoms with E-state index in [9.17, 15) is 4.79 Å². The Hall–Kier alpha value is -1.92. The number of nitrogens with one attached hydrogen (secondary N) is 1. The van der Waals surface area contributed by atoms with Gasteiger partial charge >= 0.3 is 0 Å². The van der Waals surface area contributed by atoms with Crippen LogP contribution >= 0.6 is 11.6 Å². The molecular formula is C19H25ClN4O2. The van der Waals surface area contributed by atoms with Gasteiger partial charge in [0, 0.05) is 35.6 Å². The lowest BCUT2D eigenvalue weighted by atomic mass is 10.0. The van der Waals surface area contributed by atoms with E-state index in [1.807, 2.05) is 38.1 Å². The van der Waals surface area contributed by atoms with E-state index in [2.05, 4.69) is 27.3 Å². The summed E-state index contributed by atoms with van der Waals surface area (Å²) in [4.78, 5) is 14.2. The number of amides is 1. The van der Waals surface area contributed by atoms with Gasteiger partial charge in [-0.15, -0.1) is 10.2 Å². The summed E-state index contributed by atoms with van der Waals surface area (Å²) in [5.74, 6) is 1.23. The third-order valence-electron chi connectivity index (χ3n) is 4.82. The number of hydrogen-bond acceptors (Lipinski definition) is 5. The first-order valence-electron chi connectivity index (χ1n) is 9.08. The van der Waals surface area contributed by atoms with Gasteiger partial charge < -0.3 is 9.73 Å². The zero-order valence-corrected chi connectivity index (χ0v) is 16.2. The van der Waals surface area contributed by atoms with E-state index >= 15 is 0 Å². The van der Waals surface area contributed by atoms with E-state index < -0.39 is 0 Å². The highest BCUT2D eigenvalue weighted by Crippen LogP contribution is 2.27. The predicted molar refractivity (Wildman–Crippen MR) is 101 cm³/mol. The highest BCUT2D eigenvalue weighted by molar-refractivity contribution is 6.30. The highest BCUT2D eigenvalue weighted by Gasteiger charge is 2.27. The molecule has 0 radical (unpaired) electrons. The Morgan fingerprint density at radius 2 is 2.00 bits per heavy atom. The summed E-state index contributed by atoms with van der Waals surface area (Å²) in [6.07, 6.45) is 1.86. The van der Waals surface area contributed by atoms with Gasteiger partial charge in [-0.1, -0.05) is 31.5 Å². The van der Waals surface area contributed by atoms with Crippen LogP contribution in [0.2, 0.25) is 5.02 Å². The van der Waals surface area contributed by atoms with Crippen LogP contribution in [0.3, 0.4) is 0 Å². The maximum Gasteiger partial charge on any atom is 0.247 e. The van der Waals surface area contributed by atoms with Gasteiger partial charge in [-0.2, -0.15) is 0 Å². The zero-order chi connectivity index (χ0) is 18.7. The molecule has 1 aliphatic rings. The van der Waals surface area contributed by atoms with Gasteiger partial charge in [-0.3, -0.25) is 9.69 Å². The third kappa shape index (κ3) is 4.43. The first-order chi connectivity index (χ1) is 12.4. The van der Waals surface area contributed by atoms with Crippen LogP contribution in [0.5, 0.6) is 0 Å². The molecule has 1 saturated heterocycles. The molecule has 7 heteroatoms. The second-order valence-corrected chi connectivity index (χ2v) is 7.54. The van der Waals surface area contributed by atoms with Crippen molar-refractivity contribution in [2.24, 2.45) is 5.92 Å². The molecule has 1 fully saturated rings. The van der Waals surface area contributed by atoms with Crippen molar-refractivity contribution < 1.29 is 9.21 Å². The summed E-state index contributed by atoms with van der Waals surface area (Å²) >= 11 is 6.03. The van der Waals surface area contributed by atoms with E-state index in [0.717, 1.165) is 31.5 Å². The van der Waals surface area contributed by atoms with Crippen LogP contribution in [0, 0.1) is 5.92 Å². The van der Waals surface area contributed by atoms with Crippen LogP contribution < -0.4 is 5.32 Å². The number of nitrogens with zero attached hydrogens (tertiary/aromatic N) is 3. The molecule has 1 aromatic carbocycles. The van der Waals surface area contributed by atoms with Crippen molar-refractivity contribution in [1.29, 1.82) is 0 Å². The summed E-state index contributed by atoms with van der Waals surface area (Å²) < 4.78 is 5.87. The van der Waals surface area contributed by atoms with Gasteiger partial charge in [0.15, 0.2) is 0 Å². The minimum atomic E-state index is 0.0234. The average molecular weight is 377 g/mol. The van der Waals surface area contributed by atoms with Crippen molar-refractivity contribution in [3.05, 3.63) is 35.2 Å². The standard InChI is InChI=1S/C19H25ClN4O2/c1-12(2)17(25)21-16-7-9-24(10-8-16)13(3)18-22-23-19(26-18)14-5-4-6-15(20)11-14/h4-6,11-13,16H,7-10H2,1-3H3,(H,21,25). The van der Waals surface area contributed by atoms with E-state index in [-0.39, 0.29) is 23.9 Å². The molecule has 0 bridgehead atoms. The van der Waals surface area contributed by atoms with E-state index in [1.54, 1.807) is 0 Å². The van der Waals surface area contributed by atoms with Crippen molar-refractivity contribution in [1.82, 2.24) is 20.4 Å². The second kappa shape index (κ2) is 8.18. The van der Waals surface area contributed by atoms with Crippen molar-refractivity contribution >= 4 is 17.5 Å². The van der Waals surface area contributed by atoms with Crippen LogP contribution in [0.25, 0.3) is 11.5 Å². The van der Waals surface area contributed by atoms with Crippen molar-refractivity contribution in [2.75, 3.05) is 13.1 Å². The molecule has 1 unspecified atom stereocenters. The lowest BCUT2D eigenvalue weighted by Crippen LogP contribution is -2.46. The Morgan fingerprint density at radius 1 is 1.27 bits per heavy atom. The quantitative estimate of drug-likeness (QED) is 0.861. The Labute approximate surface area is 158 Å². The van der Waals surface area contributed by atoms with E-state index in [0.29, 0.717) is 16.8 Å². The fourth-order valence-electron chi connectivity index (χ4n) is 3.10. The van der Waals surface area contributed by atoms with Crippen molar-refractivity contribution in [3.63, 3.8) is 0 Å². The molecule has 1 N–H and O–H groups in total. The van der Waals surface area contributed by atoms with Crippen molar-refractivity contribution in [3.8, 4) is 11.5 Å². The lowest BCUT2D eigenvalue weighted by molar-refractivity contribution is -0.125. The molecule has 1 amide bonds. The zero-order valence-electron chi connectivity index (χ0n) is 15.4. The normalized spacial score (nSPS) is 17.4. The number of piperidine rings is 1. The first-order valence-corrected chi connectivity index (χ1v) is 9.45. The van der Waals surface area contributed by atoms with Gasteiger partial charge in [0.2, 0.25) is 17.7 Å². The van der Waals surface area contributed by atoms with Gasteiger partial charge in [0.25, 0.3) is 0 Å². The molecule has 2 heterocycles. The monoisotopic (exact) mass is 376 g/mol. The molecule has 0 aliphatic carbocycles. The topological polar surface area (TPSA) is 71.3 Å². The molecular weight excluding hydrogens is 352 g/mol. The fourth-order valence-corrected chi connectivity index (χ4v) is 3.29. The van der Waals surface area contributed by atoms with E-state index in [4.69, 9.17) is 16.0 Å². The SMILES string of the molecule is CC(C)C(=O)NC1CCN(C(C)c2nnc(-c3cccc(Cl)c3)o2)CC1. The molecule has 1 aromatic heterocycles. The summed E-state index contributed by atoms with van der Waals surface area (Å²) in [6.45, 7) is 7.68. The fraction of sp³-hybridized carbons (Fsp3) is 0.526. The average Bonchev–Trinajstić information content (AvgIpc) is 3.12. The molecule has 26 heavy (non-hydrogen) atoms. The Morgan fingerprint density at radius 3 is 2.65 bits per heavy atom. The molecule has 2 aromatic rings. The molecule has 1 atom stereocenters. The van der Waals surface area contributed by atoms with Gasteiger partial charge in [-0.05, 0) is 38.0 Å². The number of carbonyl (C=O) groups excluding carboxylic acids is 1. The van der Waals surface area contributed by atoms with Crippen LogP contribution in [0.1, 0.15) is 45.5 Å². The van der Waals surface area contributed by atoms with Crippen LogP contribution in [-0.2, 0) is 4.79 Å². The smallest absolute Gasteiger partial charge is 0.247 e. The summed E-state index contributed by atoms with van der Waals surface area (Å²) in [5.41, 5.74) is 0.818. The van der Waals surface area contributed by atoms with Gasteiger partial charge in [0.05, 0.1) is 6.04 Å². The molecule has 0 saturated carbocycles. The maximum absolute atomic E-state index is 11.8. The maximum atomic E-state index is 11.8. The number of carbonyl (C=O) groups is 1. The number of rotatable bonds is 5. The van der Waals surface area contributed by atoms with Crippen molar-refractivity contribution in [2.45, 2.75) is 45.7 Å². The second-order valence-electron chi connectivity index (χ2n) is 7.11. The number of aromatic nitrogens is 2. The van der Waals surface area contributed by atoms with Crippen LogP contribution in [0.4, 0.5) is 0 Å². The molecule has 140 valence electrons. The van der Waals surface area contributed by atoms with Crippen LogP contribution in [0.15, 0.2) is 28.7 Å². The Kier molecular flexibility index (Phi) is 5.94. The largest absolute Gasteiger partial charge is 0.419 e. The molecule has 3 rings (SSSR count). The minimum absolute atomic E-state index is 0.0234. The first kappa shape index (κ1) is 18.9. The third-order valence-corrected chi connectivity index (χ3v) is 5.05. The number of hydrogen-bond donors (Lipinski definition) is 1. The number of halogens is 1. The van der Waals surface area contributed by atoms with Gasteiger partial charge in [-0.25, -0.2) is 0 Å². The van der Waals surface area contributed by atoms with Gasteiger partial charge in [0.1, 0.15) is 0 Å². The van der Waals surface area contributed by atoms with Crippen LogP contribution in [-0.4, -0.2) is 40.1 Å². The molecule has 6 nitrogen and oxygen atoms in total. The molecule has 1 aliphatic heterocycles. The minimum Gasteiger partial charge on any atom is -0.419 e. The Balaban J connectivity index is 1.59. The highest BCUT2D eigenvalue weighted by atomic mass is 35.5. The Bertz CT molecular complexity index is 754. The summed E-state index contributed by atoms with van der Waals surface area (Å²) in [5, 5.41) is 12.1. The number of benzene rings is 1. The van der Waals surface area contributed by atoms with E-state index in [1.165, 1.54) is 0 Å². The summed E-state index contributed by atoms with van der Waals surface area (Å²) in [6, 6.07) is 7.67. The predicted octanol–water partition coefficient (Wildman–Crippen LogP) is 3.69. The molecule has 0 spiro atoms. The lowest BCUT2D eigenvalue weighted by Gasteiger charge is -2.35. The summed E-state index contributed by atoms with van der Waals surface area (Å²) in [7, 11) is 0. The number of likely N-dealkylation sites (tertiary alicyclic amines) is 1.